The van der Waals surface area contributed by atoms with Gasteiger partial charge in [0.1, 0.15) is 5.82 Å². The number of aryl methyl sites for hydroxylation is 1. The average Bonchev–Trinajstić information content (AvgIpc) is 3.54. The summed E-state index contributed by atoms with van der Waals surface area (Å²) in [6.45, 7) is 1.99. The van der Waals surface area contributed by atoms with E-state index in [1.165, 1.54) is 18.5 Å². The van der Waals surface area contributed by atoms with Crippen LogP contribution < -0.4 is 10.6 Å². The molecule has 0 unspecified atom stereocenters. The van der Waals surface area contributed by atoms with Crippen LogP contribution >= 0.6 is 0 Å². The molecule has 7 nitrogen and oxygen atoms in total. The number of nitrogens with zero attached hydrogens (tertiary/aromatic N) is 3. The number of aromatic nitrogens is 4. The summed E-state index contributed by atoms with van der Waals surface area (Å²) >= 11 is 0. The van der Waals surface area contributed by atoms with Crippen molar-refractivity contribution in [3.05, 3.63) is 89.2 Å². The van der Waals surface area contributed by atoms with Crippen molar-refractivity contribution in [2.24, 2.45) is 0 Å². The first kappa shape index (κ1) is 19.9. The zero-order valence-corrected chi connectivity index (χ0v) is 17.8. The van der Waals surface area contributed by atoms with Gasteiger partial charge in [-0.15, -0.1) is 0 Å². The maximum Gasteiger partial charge on any atom is 0.229 e. The number of anilines is 4. The molecule has 0 bridgehead atoms. The minimum absolute atomic E-state index is 0.111. The highest BCUT2D eigenvalue weighted by Crippen LogP contribution is 2.39. The number of benzene rings is 2. The Kier molecular flexibility index (Phi) is 5.37. The van der Waals surface area contributed by atoms with E-state index in [0.29, 0.717) is 24.1 Å². The van der Waals surface area contributed by atoms with Gasteiger partial charge in [0, 0.05) is 41.5 Å². The fraction of sp³-hybridized carbons (Fsp3) is 0.200. The van der Waals surface area contributed by atoms with Crippen LogP contribution in [0.5, 0.6) is 0 Å². The van der Waals surface area contributed by atoms with Crippen LogP contribution in [-0.4, -0.2) is 25.9 Å². The van der Waals surface area contributed by atoms with Crippen LogP contribution in [0.1, 0.15) is 45.9 Å². The molecule has 0 saturated heterocycles. The maximum atomic E-state index is 12.5. The van der Waals surface area contributed by atoms with Crippen molar-refractivity contribution in [3.8, 4) is 0 Å². The standard InChI is InChI=1S/C25H24N6O/c1-16-3-2-4-19(13-16)22(32)14-17-5-9-20(10-6-17)27-25-26-12-11-23(29-25)28-24-15-21(30-31-24)18-7-8-18/h2-6,9-13,15,18H,7-8,14H2,1H3,(H3,26,27,28,29,30,31). The van der Waals surface area contributed by atoms with Gasteiger partial charge in [-0.1, -0.05) is 35.9 Å². The Morgan fingerprint density at radius 2 is 1.88 bits per heavy atom. The summed E-state index contributed by atoms with van der Waals surface area (Å²) in [5.74, 6) is 2.63. The summed E-state index contributed by atoms with van der Waals surface area (Å²) in [6, 6.07) is 19.3. The first-order valence-electron chi connectivity index (χ1n) is 10.7. The summed E-state index contributed by atoms with van der Waals surface area (Å²) in [4.78, 5) is 21.3. The third-order valence-electron chi connectivity index (χ3n) is 5.44. The molecule has 1 aliphatic carbocycles. The second kappa shape index (κ2) is 8.63. The summed E-state index contributed by atoms with van der Waals surface area (Å²) in [5.41, 5.74) is 4.81. The van der Waals surface area contributed by atoms with Crippen LogP contribution in [0.4, 0.5) is 23.3 Å². The van der Waals surface area contributed by atoms with Gasteiger partial charge in [0.2, 0.25) is 5.95 Å². The molecule has 5 rings (SSSR count). The second-order valence-electron chi connectivity index (χ2n) is 8.16. The van der Waals surface area contributed by atoms with Crippen molar-refractivity contribution < 1.29 is 4.79 Å². The fourth-order valence-corrected chi connectivity index (χ4v) is 3.56. The molecule has 7 heteroatoms. The monoisotopic (exact) mass is 424 g/mol. The predicted molar refractivity (Wildman–Crippen MR) is 125 cm³/mol. The third-order valence-corrected chi connectivity index (χ3v) is 5.44. The van der Waals surface area contributed by atoms with Gasteiger partial charge in [-0.25, -0.2) is 4.98 Å². The molecule has 0 radical (unpaired) electrons. The van der Waals surface area contributed by atoms with Crippen LogP contribution in [0, 0.1) is 6.92 Å². The number of rotatable bonds is 8. The van der Waals surface area contributed by atoms with E-state index in [0.717, 1.165) is 28.2 Å². The largest absolute Gasteiger partial charge is 0.324 e. The van der Waals surface area contributed by atoms with Crippen molar-refractivity contribution in [1.29, 1.82) is 0 Å². The Morgan fingerprint density at radius 3 is 2.66 bits per heavy atom. The molecular weight excluding hydrogens is 400 g/mol. The summed E-state index contributed by atoms with van der Waals surface area (Å²) in [7, 11) is 0. The van der Waals surface area contributed by atoms with Gasteiger partial charge in [-0.3, -0.25) is 9.89 Å². The molecule has 0 amide bonds. The molecule has 4 aromatic rings. The molecule has 2 aromatic carbocycles. The number of aromatic amines is 1. The fourth-order valence-electron chi connectivity index (χ4n) is 3.56. The van der Waals surface area contributed by atoms with E-state index in [4.69, 9.17) is 0 Å². The molecule has 2 heterocycles. The number of nitrogens with one attached hydrogen (secondary N) is 3. The molecule has 0 atom stereocenters. The molecular formula is C25H24N6O. The van der Waals surface area contributed by atoms with Gasteiger partial charge in [0.25, 0.3) is 0 Å². The number of ketones is 1. The Balaban J connectivity index is 1.21. The molecule has 1 saturated carbocycles. The number of H-pyrrole nitrogens is 1. The molecule has 3 N–H and O–H groups in total. The Bertz CT molecular complexity index is 1240. The highest BCUT2D eigenvalue weighted by atomic mass is 16.1. The van der Waals surface area contributed by atoms with Crippen LogP contribution in [0.2, 0.25) is 0 Å². The number of carbonyl (C=O) groups excluding carboxylic acids is 1. The topological polar surface area (TPSA) is 95.6 Å². The second-order valence-corrected chi connectivity index (χ2v) is 8.16. The smallest absolute Gasteiger partial charge is 0.229 e. The van der Waals surface area contributed by atoms with Gasteiger partial charge < -0.3 is 10.6 Å². The van der Waals surface area contributed by atoms with Gasteiger partial charge in [0.15, 0.2) is 11.6 Å². The maximum absolute atomic E-state index is 12.5. The molecule has 32 heavy (non-hydrogen) atoms. The molecule has 1 fully saturated rings. The van der Waals surface area contributed by atoms with Crippen molar-refractivity contribution in [1.82, 2.24) is 20.2 Å². The van der Waals surface area contributed by atoms with Crippen molar-refractivity contribution in [2.45, 2.75) is 32.1 Å². The van der Waals surface area contributed by atoms with Crippen LogP contribution in [0.25, 0.3) is 0 Å². The lowest BCUT2D eigenvalue weighted by atomic mass is 10.0. The van der Waals surface area contributed by atoms with E-state index < -0.39 is 0 Å². The molecule has 160 valence electrons. The van der Waals surface area contributed by atoms with E-state index in [9.17, 15) is 4.79 Å². The first-order valence-corrected chi connectivity index (χ1v) is 10.7. The Hall–Kier alpha value is -4.00. The zero-order chi connectivity index (χ0) is 21.9. The minimum atomic E-state index is 0.111. The lowest BCUT2D eigenvalue weighted by molar-refractivity contribution is 0.0993. The first-order chi connectivity index (χ1) is 15.6. The van der Waals surface area contributed by atoms with Crippen molar-refractivity contribution >= 4 is 29.1 Å². The normalized spacial score (nSPS) is 13.0. The van der Waals surface area contributed by atoms with Gasteiger partial charge in [-0.05, 0) is 49.6 Å². The predicted octanol–water partition coefficient (Wildman–Crippen LogP) is 5.30. The lowest BCUT2D eigenvalue weighted by Crippen LogP contribution is -2.04. The van der Waals surface area contributed by atoms with Crippen LogP contribution in [0.3, 0.4) is 0 Å². The highest BCUT2D eigenvalue weighted by Gasteiger charge is 2.25. The number of hydrogen-bond donors (Lipinski definition) is 3. The van der Waals surface area contributed by atoms with Gasteiger partial charge >= 0.3 is 0 Å². The van der Waals surface area contributed by atoms with E-state index in [2.05, 4.69) is 30.8 Å². The van der Waals surface area contributed by atoms with Crippen LogP contribution in [-0.2, 0) is 6.42 Å². The van der Waals surface area contributed by atoms with Crippen molar-refractivity contribution in [3.63, 3.8) is 0 Å². The minimum Gasteiger partial charge on any atom is -0.324 e. The summed E-state index contributed by atoms with van der Waals surface area (Å²) in [6.07, 6.45) is 4.51. The van der Waals surface area contributed by atoms with Crippen LogP contribution in [0.15, 0.2) is 66.9 Å². The third kappa shape index (κ3) is 4.83. The number of hydrogen-bond acceptors (Lipinski definition) is 6. The lowest BCUT2D eigenvalue weighted by Gasteiger charge is -2.08. The van der Waals surface area contributed by atoms with Gasteiger partial charge in [-0.2, -0.15) is 10.1 Å². The Labute approximate surface area is 186 Å². The number of Topliss-reactive ketones (excluding diaryl/α,β-unsaturated/α-hetero) is 1. The molecule has 0 aliphatic heterocycles. The molecule has 0 spiro atoms. The van der Waals surface area contributed by atoms with E-state index in [1.54, 1.807) is 12.3 Å². The van der Waals surface area contributed by atoms with Gasteiger partial charge in [0.05, 0.1) is 0 Å². The quantitative estimate of drug-likeness (QED) is 0.332. The zero-order valence-electron chi connectivity index (χ0n) is 17.8. The summed E-state index contributed by atoms with van der Waals surface area (Å²) < 4.78 is 0. The molecule has 1 aliphatic rings. The highest BCUT2D eigenvalue weighted by molar-refractivity contribution is 5.97. The van der Waals surface area contributed by atoms with E-state index >= 15 is 0 Å². The SMILES string of the molecule is Cc1cccc(C(=O)Cc2ccc(Nc3nccc(Nc4cc(C5CC5)[nH]n4)n3)cc2)c1. The van der Waals surface area contributed by atoms with Crippen molar-refractivity contribution in [2.75, 3.05) is 10.6 Å². The average molecular weight is 425 g/mol. The summed E-state index contributed by atoms with van der Waals surface area (Å²) in [5, 5.41) is 13.8. The number of carbonyl (C=O) groups is 1. The van der Waals surface area contributed by atoms with E-state index in [-0.39, 0.29) is 5.78 Å². The Morgan fingerprint density at radius 1 is 1.03 bits per heavy atom. The molecule has 2 aromatic heterocycles. The van der Waals surface area contributed by atoms with E-state index in [1.807, 2.05) is 61.5 Å².